The van der Waals surface area contributed by atoms with Crippen molar-refractivity contribution in [1.29, 1.82) is 0 Å². The Morgan fingerprint density at radius 1 is 1.15 bits per heavy atom. The van der Waals surface area contributed by atoms with Crippen molar-refractivity contribution in [3.05, 3.63) is 69.7 Å². The van der Waals surface area contributed by atoms with Crippen LogP contribution in [0.15, 0.2) is 53.0 Å². The molecule has 0 amide bonds. The molecule has 2 N–H and O–H groups in total. The third-order valence-electron chi connectivity index (χ3n) is 3.06. The summed E-state index contributed by atoms with van der Waals surface area (Å²) < 4.78 is 1.10. The lowest BCUT2D eigenvalue weighted by Crippen LogP contribution is -2.20. The maximum Gasteiger partial charge on any atom is 0.104 e. The molecule has 0 aromatic heterocycles. The minimum absolute atomic E-state index is 0.455. The fraction of sp³-hybridized carbons (Fsp3) is 0.188. The first-order valence-corrected chi connectivity index (χ1v) is 7.57. The number of rotatable bonds is 5. The van der Waals surface area contributed by atoms with Gasteiger partial charge in [-0.1, -0.05) is 64.5 Å². The van der Waals surface area contributed by atoms with Gasteiger partial charge in [-0.2, -0.15) is 0 Å². The van der Waals surface area contributed by atoms with Crippen LogP contribution in [-0.4, -0.2) is 16.9 Å². The first-order valence-electron chi connectivity index (χ1n) is 6.37. The lowest BCUT2D eigenvalue weighted by molar-refractivity contribution is 0.319. The zero-order valence-electron chi connectivity index (χ0n) is 11.3. The number of hydrogen-bond acceptors (Lipinski definition) is 2. The molecule has 0 fully saturated rings. The summed E-state index contributed by atoms with van der Waals surface area (Å²) in [5.74, 6) is 0. The Kier molecular flexibility index (Phi) is 5.29. The van der Waals surface area contributed by atoms with E-state index in [9.17, 15) is 0 Å². The van der Waals surface area contributed by atoms with Crippen molar-refractivity contribution in [1.82, 2.24) is 4.90 Å². The van der Waals surface area contributed by atoms with Crippen molar-refractivity contribution in [2.24, 2.45) is 5.73 Å². The maximum absolute atomic E-state index is 5.77. The molecule has 2 aromatic rings. The molecule has 4 heteroatoms. The van der Waals surface area contributed by atoms with Crippen LogP contribution in [-0.2, 0) is 13.1 Å². The lowest BCUT2D eigenvalue weighted by atomic mass is 10.1. The van der Waals surface area contributed by atoms with E-state index in [0.717, 1.165) is 28.7 Å². The molecule has 2 rings (SSSR count). The maximum atomic E-state index is 5.77. The molecule has 0 spiro atoms. The molecule has 0 radical (unpaired) electrons. The van der Waals surface area contributed by atoms with E-state index in [2.05, 4.69) is 52.1 Å². The number of benzene rings is 2. The quantitative estimate of drug-likeness (QED) is 0.835. The van der Waals surface area contributed by atoms with Crippen molar-refractivity contribution in [2.75, 3.05) is 7.05 Å². The second-order valence-electron chi connectivity index (χ2n) is 4.82. The van der Waals surface area contributed by atoms with Crippen LogP contribution in [0.2, 0.25) is 0 Å². The average Bonchev–Trinajstić information content (AvgIpc) is 2.38. The van der Waals surface area contributed by atoms with Gasteiger partial charge in [-0.15, -0.1) is 0 Å². The Morgan fingerprint density at radius 3 is 2.60 bits per heavy atom. The van der Waals surface area contributed by atoms with Gasteiger partial charge < -0.3 is 5.73 Å². The summed E-state index contributed by atoms with van der Waals surface area (Å²) in [4.78, 5) is 2.70. The molecule has 0 unspecified atom stereocenters. The van der Waals surface area contributed by atoms with Crippen molar-refractivity contribution in [3.8, 4) is 0 Å². The van der Waals surface area contributed by atoms with Gasteiger partial charge >= 0.3 is 0 Å². The molecule has 0 heterocycles. The van der Waals surface area contributed by atoms with Gasteiger partial charge in [0.2, 0.25) is 0 Å². The van der Waals surface area contributed by atoms with E-state index >= 15 is 0 Å². The summed E-state index contributed by atoms with van der Waals surface area (Å²) in [6, 6.07) is 16.4. The molecule has 2 aromatic carbocycles. The summed E-state index contributed by atoms with van der Waals surface area (Å²) in [7, 11) is 2.09. The fourth-order valence-corrected chi connectivity index (χ4v) is 2.84. The molecule has 2 nitrogen and oxygen atoms in total. The third-order valence-corrected chi connectivity index (χ3v) is 3.78. The van der Waals surface area contributed by atoms with Crippen molar-refractivity contribution >= 4 is 33.1 Å². The van der Waals surface area contributed by atoms with E-state index in [0.29, 0.717) is 4.99 Å². The largest absolute Gasteiger partial charge is 0.389 e. The first-order chi connectivity index (χ1) is 9.56. The standard InChI is InChI=1S/C16H17BrN2S/c1-19(10-12-5-4-7-14(17)9-12)11-13-6-2-3-8-15(13)16(18)20/h2-9H,10-11H2,1H3,(H2,18,20). The van der Waals surface area contributed by atoms with Crippen LogP contribution in [0.4, 0.5) is 0 Å². The van der Waals surface area contributed by atoms with Gasteiger partial charge in [0.05, 0.1) is 0 Å². The van der Waals surface area contributed by atoms with Gasteiger partial charge in [-0.25, -0.2) is 0 Å². The SMILES string of the molecule is CN(Cc1cccc(Br)c1)Cc1ccccc1C(N)=S. The van der Waals surface area contributed by atoms with E-state index < -0.39 is 0 Å². The Hall–Kier alpha value is -1.23. The molecular formula is C16H17BrN2S. The van der Waals surface area contributed by atoms with Crippen LogP contribution in [0.5, 0.6) is 0 Å². The van der Waals surface area contributed by atoms with Crippen LogP contribution < -0.4 is 5.73 Å². The number of nitrogens with zero attached hydrogens (tertiary/aromatic N) is 1. The smallest absolute Gasteiger partial charge is 0.104 e. The molecule has 0 aliphatic carbocycles. The number of thiocarbonyl (C=S) groups is 1. The fourth-order valence-electron chi connectivity index (χ4n) is 2.19. The number of hydrogen-bond donors (Lipinski definition) is 1. The first kappa shape index (κ1) is 15.2. The Bertz CT molecular complexity index is 613. The minimum atomic E-state index is 0.455. The van der Waals surface area contributed by atoms with Gasteiger partial charge in [0.15, 0.2) is 0 Å². The second-order valence-corrected chi connectivity index (χ2v) is 6.18. The highest BCUT2D eigenvalue weighted by atomic mass is 79.9. The zero-order chi connectivity index (χ0) is 14.5. The molecule has 20 heavy (non-hydrogen) atoms. The van der Waals surface area contributed by atoms with Gasteiger partial charge in [0, 0.05) is 23.1 Å². The summed E-state index contributed by atoms with van der Waals surface area (Å²) in [5, 5.41) is 0. The highest BCUT2D eigenvalue weighted by molar-refractivity contribution is 9.10. The minimum Gasteiger partial charge on any atom is -0.389 e. The normalized spacial score (nSPS) is 10.8. The highest BCUT2D eigenvalue weighted by Crippen LogP contribution is 2.15. The van der Waals surface area contributed by atoms with Gasteiger partial charge in [-0.05, 0) is 30.3 Å². The molecular weight excluding hydrogens is 332 g/mol. The van der Waals surface area contributed by atoms with E-state index in [1.807, 2.05) is 24.3 Å². The Labute approximate surface area is 133 Å². The predicted molar refractivity (Wildman–Crippen MR) is 91.6 cm³/mol. The van der Waals surface area contributed by atoms with Crippen molar-refractivity contribution in [2.45, 2.75) is 13.1 Å². The summed E-state index contributed by atoms with van der Waals surface area (Å²) in [6.45, 7) is 1.70. The van der Waals surface area contributed by atoms with Gasteiger partial charge in [0.25, 0.3) is 0 Å². The molecule has 0 aliphatic heterocycles. The summed E-state index contributed by atoms with van der Waals surface area (Å²) in [5.41, 5.74) is 9.17. The predicted octanol–water partition coefficient (Wildman–Crippen LogP) is 3.72. The average molecular weight is 349 g/mol. The molecule has 0 aliphatic rings. The summed E-state index contributed by atoms with van der Waals surface area (Å²) in [6.07, 6.45) is 0. The topological polar surface area (TPSA) is 29.3 Å². The van der Waals surface area contributed by atoms with Gasteiger partial charge in [-0.3, -0.25) is 4.90 Å². The van der Waals surface area contributed by atoms with Crippen molar-refractivity contribution < 1.29 is 0 Å². The van der Waals surface area contributed by atoms with Crippen LogP contribution >= 0.6 is 28.1 Å². The monoisotopic (exact) mass is 348 g/mol. The van der Waals surface area contributed by atoms with Crippen LogP contribution in [0.3, 0.4) is 0 Å². The third kappa shape index (κ3) is 4.13. The van der Waals surface area contributed by atoms with Crippen LogP contribution in [0.1, 0.15) is 16.7 Å². The molecule has 0 saturated heterocycles. The lowest BCUT2D eigenvalue weighted by Gasteiger charge is -2.18. The van der Waals surface area contributed by atoms with Gasteiger partial charge in [0.1, 0.15) is 4.99 Å². The van der Waals surface area contributed by atoms with E-state index in [-0.39, 0.29) is 0 Å². The Balaban J connectivity index is 2.08. The molecule has 0 saturated carbocycles. The van der Waals surface area contributed by atoms with E-state index in [1.165, 1.54) is 5.56 Å². The van der Waals surface area contributed by atoms with Crippen molar-refractivity contribution in [3.63, 3.8) is 0 Å². The molecule has 104 valence electrons. The highest BCUT2D eigenvalue weighted by Gasteiger charge is 2.07. The Morgan fingerprint density at radius 2 is 1.90 bits per heavy atom. The number of nitrogens with two attached hydrogens (primary N) is 1. The second kappa shape index (κ2) is 6.97. The van der Waals surface area contributed by atoms with Crippen LogP contribution in [0, 0.1) is 0 Å². The molecule has 0 atom stereocenters. The summed E-state index contributed by atoms with van der Waals surface area (Å²) >= 11 is 8.60. The van der Waals surface area contributed by atoms with Crippen LogP contribution in [0.25, 0.3) is 0 Å². The zero-order valence-corrected chi connectivity index (χ0v) is 13.7. The van der Waals surface area contributed by atoms with E-state index in [1.54, 1.807) is 0 Å². The number of halogens is 1. The van der Waals surface area contributed by atoms with E-state index in [4.69, 9.17) is 18.0 Å². The molecule has 0 bridgehead atoms.